The van der Waals surface area contributed by atoms with Crippen molar-refractivity contribution >= 4 is 15.7 Å². The first-order valence-corrected chi connectivity index (χ1v) is 6.89. The fraction of sp³-hybridized carbons (Fsp3) is 0.889. The number of nitrogens with zero attached hydrogens (tertiary/aromatic N) is 1. The molecule has 1 N–H and O–H groups in total. The molecular formula is C9H20N2O3S. The summed E-state index contributed by atoms with van der Waals surface area (Å²) in [5.74, 6) is -0.810. The van der Waals surface area contributed by atoms with Crippen LogP contribution < -0.4 is 5.32 Å². The molecule has 0 saturated carbocycles. The number of carbonyl (C=O) groups excluding carboxylic acids is 1. The quantitative estimate of drug-likeness (QED) is 0.646. The molecule has 1 amide bonds. The van der Waals surface area contributed by atoms with E-state index in [-0.39, 0.29) is 5.75 Å². The van der Waals surface area contributed by atoms with Gasteiger partial charge in [0, 0.05) is 18.8 Å². The van der Waals surface area contributed by atoms with E-state index >= 15 is 0 Å². The summed E-state index contributed by atoms with van der Waals surface area (Å²) >= 11 is 0. The molecule has 0 aliphatic carbocycles. The molecule has 0 bridgehead atoms. The Morgan fingerprint density at radius 1 is 1.33 bits per heavy atom. The van der Waals surface area contributed by atoms with Crippen molar-refractivity contribution in [1.29, 1.82) is 0 Å². The van der Waals surface area contributed by atoms with Gasteiger partial charge in [0.15, 0.2) is 9.84 Å². The van der Waals surface area contributed by atoms with Gasteiger partial charge < -0.3 is 10.2 Å². The second-order valence-electron chi connectivity index (χ2n) is 3.42. The van der Waals surface area contributed by atoms with Crippen LogP contribution in [0.2, 0.25) is 0 Å². The second-order valence-corrected chi connectivity index (χ2v) is 5.78. The van der Waals surface area contributed by atoms with E-state index in [1.807, 2.05) is 18.9 Å². The van der Waals surface area contributed by atoms with Crippen LogP contribution in [0.4, 0.5) is 0 Å². The van der Waals surface area contributed by atoms with Crippen molar-refractivity contribution in [3.63, 3.8) is 0 Å². The SMILES string of the molecule is CCN(C)CCNC(=O)CS(=O)(=O)CC. The first-order chi connectivity index (χ1) is 6.91. The monoisotopic (exact) mass is 236 g/mol. The molecule has 0 aliphatic heterocycles. The number of amides is 1. The minimum Gasteiger partial charge on any atom is -0.354 e. The van der Waals surface area contributed by atoms with E-state index < -0.39 is 21.5 Å². The minimum atomic E-state index is -3.20. The van der Waals surface area contributed by atoms with Gasteiger partial charge in [-0.2, -0.15) is 0 Å². The van der Waals surface area contributed by atoms with E-state index in [0.717, 1.165) is 13.1 Å². The molecule has 0 aliphatic rings. The van der Waals surface area contributed by atoms with Gasteiger partial charge in [-0.1, -0.05) is 13.8 Å². The van der Waals surface area contributed by atoms with Gasteiger partial charge in [-0.25, -0.2) is 8.42 Å². The maximum absolute atomic E-state index is 11.2. The number of likely N-dealkylation sites (N-methyl/N-ethyl adjacent to an activating group) is 1. The second kappa shape index (κ2) is 6.79. The van der Waals surface area contributed by atoms with Crippen molar-refractivity contribution in [1.82, 2.24) is 10.2 Å². The molecular weight excluding hydrogens is 216 g/mol. The summed E-state index contributed by atoms with van der Waals surface area (Å²) in [4.78, 5) is 13.2. The Kier molecular flexibility index (Phi) is 6.51. The molecule has 0 saturated heterocycles. The Morgan fingerprint density at radius 3 is 2.40 bits per heavy atom. The molecule has 0 heterocycles. The third kappa shape index (κ3) is 7.33. The Balaban J connectivity index is 3.77. The Hall–Kier alpha value is -0.620. The summed E-state index contributed by atoms with van der Waals surface area (Å²) in [6.45, 7) is 5.68. The molecule has 15 heavy (non-hydrogen) atoms. The number of rotatable bonds is 7. The molecule has 0 atom stereocenters. The van der Waals surface area contributed by atoms with Gasteiger partial charge in [0.1, 0.15) is 5.75 Å². The molecule has 0 aromatic rings. The fourth-order valence-corrected chi connectivity index (χ4v) is 1.60. The van der Waals surface area contributed by atoms with Crippen LogP contribution in [0, 0.1) is 0 Å². The third-order valence-electron chi connectivity index (χ3n) is 2.15. The Bertz CT molecular complexity index is 288. The molecule has 5 nitrogen and oxygen atoms in total. The topological polar surface area (TPSA) is 66.5 Å². The van der Waals surface area contributed by atoms with Crippen LogP contribution in [0.25, 0.3) is 0 Å². The molecule has 0 rings (SSSR count). The highest BCUT2D eigenvalue weighted by Crippen LogP contribution is 1.88. The van der Waals surface area contributed by atoms with Gasteiger partial charge in [-0.15, -0.1) is 0 Å². The van der Waals surface area contributed by atoms with Crippen LogP contribution in [-0.4, -0.2) is 57.4 Å². The van der Waals surface area contributed by atoms with Crippen LogP contribution in [-0.2, 0) is 14.6 Å². The van der Waals surface area contributed by atoms with Gasteiger partial charge in [0.25, 0.3) is 0 Å². The molecule has 6 heteroatoms. The summed E-state index contributed by atoms with van der Waals surface area (Å²) in [7, 11) is -1.26. The molecule has 0 aromatic heterocycles. The number of carbonyl (C=O) groups is 1. The third-order valence-corrected chi connectivity index (χ3v) is 3.73. The Morgan fingerprint density at radius 2 is 1.93 bits per heavy atom. The smallest absolute Gasteiger partial charge is 0.235 e. The average Bonchev–Trinajstić information content (AvgIpc) is 2.16. The van der Waals surface area contributed by atoms with Crippen LogP contribution in [0.3, 0.4) is 0 Å². The molecule has 0 radical (unpaired) electrons. The van der Waals surface area contributed by atoms with Gasteiger partial charge in [-0.3, -0.25) is 4.79 Å². The number of sulfone groups is 1. The van der Waals surface area contributed by atoms with Gasteiger partial charge in [0.05, 0.1) is 0 Å². The molecule has 0 aromatic carbocycles. The van der Waals surface area contributed by atoms with E-state index in [2.05, 4.69) is 5.32 Å². The Labute approximate surface area is 91.8 Å². The highest BCUT2D eigenvalue weighted by atomic mass is 32.2. The van der Waals surface area contributed by atoms with Crippen LogP contribution >= 0.6 is 0 Å². The van der Waals surface area contributed by atoms with Crippen molar-refractivity contribution in [2.75, 3.05) is 38.2 Å². The standard InChI is InChI=1S/C9H20N2O3S/c1-4-11(3)7-6-10-9(12)8-15(13,14)5-2/h4-8H2,1-3H3,(H,10,12). The lowest BCUT2D eigenvalue weighted by atomic mass is 10.5. The lowest BCUT2D eigenvalue weighted by molar-refractivity contribution is -0.118. The van der Waals surface area contributed by atoms with Gasteiger partial charge >= 0.3 is 0 Å². The summed E-state index contributed by atoms with van der Waals surface area (Å²) in [5, 5.41) is 2.58. The summed E-state index contributed by atoms with van der Waals surface area (Å²) in [5.41, 5.74) is 0. The largest absolute Gasteiger partial charge is 0.354 e. The lowest BCUT2D eigenvalue weighted by Gasteiger charge is -2.13. The molecule has 0 spiro atoms. The first kappa shape index (κ1) is 14.4. The van der Waals surface area contributed by atoms with Crippen molar-refractivity contribution in [2.45, 2.75) is 13.8 Å². The van der Waals surface area contributed by atoms with Gasteiger partial charge in [-0.05, 0) is 13.6 Å². The number of hydrogen-bond donors (Lipinski definition) is 1. The van der Waals surface area contributed by atoms with Crippen molar-refractivity contribution in [2.24, 2.45) is 0 Å². The van der Waals surface area contributed by atoms with Crippen LogP contribution in [0.1, 0.15) is 13.8 Å². The summed E-state index contributed by atoms with van der Waals surface area (Å²) < 4.78 is 22.2. The normalized spacial score (nSPS) is 11.7. The van der Waals surface area contributed by atoms with Crippen molar-refractivity contribution in [3.05, 3.63) is 0 Å². The molecule has 0 unspecified atom stereocenters. The van der Waals surface area contributed by atoms with Crippen LogP contribution in [0.5, 0.6) is 0 Å². The summed E-state index contributed by atoms with van der Waals surface area (Å²) in [6.07, 6.45) is 0. The average molecular weight is 236 g/mol. The van der Waals surface area contributed by atoms with Crippen molar-refractivity contribution < 1.29 is 13.2 Å². The predicted molar refractivity (Wildman–Crippen MR) is 60.5 cm³/mol. The number of hydrogen-bond acceptors (Lipinski definition) is 4. The van der Waals surface area contributed by atoms with E-state index in [1.165, 1.54) is 6.92 Å². The molecule has 90 valence electrons. The maximum atomic E-state index is 11.2. The van der Waals surface area contributed by atoms with Crippen LogP contribution in [0.15, 0.2) is 0 Å². The molecule has 0 fully saturated rings. The van der Waals surface area contributed by atoms with Crippen molar-refractivity contribution in [3.8, 4) is 0 Å². The highest BCUT2D eigenvalue weighted by molar-refractivity contribution is 7.92. The van der Waals surface area contributed by atoms with E-state index in [9.17, 15) is 13.2 Å². The predicted octanol–water partition coefficient (Wildman–Crippen LogP) is -0.511. The summed E-state index contributed by atoms with van der Waals surface area (Å²) in [6, 6.07) is 0. The zero-order valence-electron chi connectivity index (χ0n) is 9.62. The first-order valence-electron chi connectivity index (χ1n) is 5.07. The maximum Gasteiger partial charge on any atom is 0.235 e. The van der Waals surface area contributed by atoms with Gasteiger partial charge in [0.2, 0.25) is 5.91 Å². The lowest BCUT2D eigenvalue weighted by Crippen LogP contribution is -2.36. The van der Waals surface area contributed by atoms with E-state index in [4.69, 9.17) is 0 Å². The van der Waals surface area contributed by atoms with E-state index in [0.29, 0.717) is 6.54 Å². The minimum absolute atomic E-state index is 0.00921. The highest BCUT2D eigenvalue weighted by Gasteiger charge is 2.13. The number of nitrogens with one attached hydrogen (secondary N) is 1. The zero-order valence-corrected chi connectivity index (χ0v) is 10.4. The van der Waals surface area contributed by atoms with E-state index in [1.54, 1.807) is 0 Å². The zero-order chi connectivity index (χ0) is 11.9. The fourth-order valence-electron chi connectivity index (χ4n) is 0.897.